The Hall–Kier alpha value is -1.49. The molecule has 2 rings (SSSR count). The molecule has 0 aliphatic carbocycles. The zero-order valence-corrected chi connectivity index (χ0v) is 11.3. The van der Waals surface area contributed by atoms with E-state index in [-0.39, 0.29) is 17.9 Å². The second-order valence-corrected chi connectivity index (χ2v) is 5.58. The monoisotopic (exact) mass is 264 g/mol. The lowest BCUT2D eigenvalue weighted by atomic mass is 10.1. The topological polar surface area (TPSA) is 63.4 Å². The van der Waals surface area contributed by atoms with Crippen LogP contribution >= 0.6 is 11.8 Å². The second kappa shape index (κ2) is 5.02. The van der Waals surface area contributed by atoms with Crippen LogP contribution in [-0.4, -0.2) is 34.3 Å². The lowest BCUT2D eigenvalue weighted by molar-refractivity contribution is 0.0612. The number of imide groups is 1. The van der Waals surface area contributed by atoms with Crippen molar-refractivity contribution in [2.75, 3.05) is 17.2 Å². The summed E-state index contributed by atoms with van der Waals surface area (Å²) in [6.07, 6.45) is 0. The average molecular weight is 264 g/mol. The molecule has 0 fully saturated rings. The van der Waals surface area contributed by atoms with Crippen molar-refractivity contribution in [1.82, 2.24) is 4.90 Å². The number of fused-ring (bicyclic) bond motifs is 1. The van der Waals surface area contributed by atoms with Crippen LogP contribution in [0.25, 0.3) is 0 Å². The van der Waals surface area contributed by atoms with Crippen molar-refractivity contribution in [2.45, 2.75) is 19.9 Å². The number of nitrogen functional groups attached to an aromatic ring is 1. The largest absolute Gasteiger partial charge is 0.398 e. The zero-order chi connectivity index (χ0) is 13.3. The van der Waals surface area contributed by atoms with Crippen molar-refractivity contribution in [3.63, 3.8) is 0 Å². The predicted molar refractivity (Wildman–Crippen MR) is 73.8 cm³/mol. The first-order chi connectivity index (χ1) is 8.57. The van der Waals surface area contributed by atoms with Crippen molar-refractivity contribution < 1.29 is 9.59 Å². The summed E-state index contributed by atoms with van der Waals surface area (Å²) in [5, 5.41) is 0. The van der Waals surface area contributed by atoms with Crippen LogP contribution < -0.4 is 5.73 Å². The molecule has 1 aliphatic heterocycles. The molecule has 1 atom stereocenters. The fourth-order valence-corrected chi connectivity index (χ4v) is 2.82. The number of benzene rings is 1. The minimum absolute atomic E-state index is 0.109. The molecular formula is C13H16N2O2S. The highest BCUT2D eigenvalue weighted by atomic mass is 32.2. The van der Waals surface area contributed by atoms with Crippen molar-refractivity contribution >= 4 is 29.3 Å². The van der Waals surface area contributed by atoms with Gasteiger partial charge in [-0.2, -0.15) is 11.8 Å². The van der Waals surface area contributed by atoms with Crippen LogP contribution in [0.3, 0.4) is 0 Å². The highest BCUT2D eigenvalue weighted by molar-refractivity contribution is 7.99. The number of amides is 2. The summed E-state index contributed by atoms with van der Waals surface area (Å²) in [6, 6.07) is 4.90. The average Bonchev–Trinajstić information content (AvgIpc) is 2.60. The van der Waals surface area contributed by atoms with Gasteiger partial charge in [0.2, 0.25) is 0 Å². The first-order valence-electron chi connectivity index (χ1n) is 5.92. The number of carbonyl (C=O) groups excluding carboxylic acids is 2. The number of nitrogens with two attached hydrogens (primary N) is 1. The molecule has 2 amide bonds. The van der Waals surface area contributed by atoms with E-state index in [2.05, 4.69) is 6.92 Å². The Morgan fingerprint density at radius 3 is 2.67 bits per heavy atom. The van der Waals surface area contributed by atoms with E-state index in [1.165, 1.54) is 4.90 Å². The van der Waals surface area contributed by atoms with Gasteiger partial charge in [0.25, 0.3) is 11.8 Å². The van der Waals surface area contributed by atoms with Crippen LogP contribution in [0.2, 0.25) is 0 Å². The van der Waals surface area contributed by atoms with Gasteiger partial charge in [0, 0.05) is 17.5 Å². The zero-order valence-electron chi connectivity index (χ0n) is 10.5. The number of hydrogen-bond donors (Lipinski definition) is 1. The maximum atomic E-state index is 12.2. The van der Waals surface area contributed by atoms with Gasteiger partial charge in [0.15, 0.2) is 0 Å². The first kappa shape index (κ1) is 13.0. The van der Waals surface area contributed by atoms with E-state index in [0.29, 0.717) is 16.8 Å². The summed E-state index contributed by atoms with van der Waals surface area (Å²) < 4.78 is 0. The lowest BCUT2D eigenvalue weighted by Gasteiger charge is -2.21. The Kier molecular flexibility index (Phi) is 3.61. The van der Waals surface area contributed by atoms with Gasteiger partial charge < -0.3 is 5.73 Å². The predicted octanol–water partition coefficient (Wildman–Crippen LogP) is 2.01. The van der Waals surface area contributed by atoms with Crippen LogP contribution in [0.1, 0.15) is 34.6 Å². The molecule has 1 unspecified atom stereocenters. The van der Waals surface area contributed by atoms with E-state index in [1.807, 2.05) is 6.92 Å². The number of nitrogens with zero attached hydrogens (tertiary/aromatic N) is 1. The molecule has 1 heterocycles. The van der Waals surface area contributed by atoms with Crippen LogP contribution in [0.15, 0.2) is 18.2 Å². The molecule has 0 radical (unpaired) electrons. The molecule has 0 saturated heterocycles. The molecule has 1 aliphatic rings. The van der Waals surface area contributed by atoms with Gasteiger partial charge in [0.05, 0.1) is 11.1 Å². The Morgan fingerprint density at radius 2 is 2.06 bits per heavy atom. The molecule has 5 heteroatoms. The van der Waals surface area contributed by atoms with E-state index in [9.17, 15) is 9.59 Å². The fraction of sp³-hybridized carbons (Fsp3) is 0.385. The van der Waals surface area contributed by atoms with Crippen molar-refractivity contribution in [3.05, 3.63) is 29.3 Å². The van der Waals surface area contributed by atoms with Gasteiger partial charge >= 0.3 is 0 Å². The van der Waals surface area contributed by atoms with Crippen LogP contribution in [0.4, 0.5) is 5.69 Å². The number of anilines is 1. The molecular weight excluding hydrogens is 248 g/mol. The highest BCUT2D eigenvalue weighted by Gasteiger charge is 2.39. The van der Waals surface area contributed by atoms with Gasteiger partial charge in [-0.15, -0.1) is 0 Å². The molecule has 4 nitrogen and oxygen atoms in total. The third kappa shape index (κ3) is 1.99. The minimum atomic E-state index is -0.266. The van der Waals surface area contributed by atoms with E-state index in [4.69, 9.17) is 5.73 Å². The highest BCUT2D eigenvalue weighted by Crippen LogP contribution is 2.29. The molecule has 1 aromatic carbocycles. The minimum Gasteiger partial charge on any atom is -0.398 e. The van der Waals surface area contributed by atoms with E-state index >= 15 is 0 Å². The summed E-state index contributed by atoms with van der Waals surface area (Å²) in [5.41, 5.74) is 6.94. The summed E-state index contributed by atoms with van der Waals surface area (Å²) in [7, 11) is 0. The fourth-order valence-electron chi connectivity index (χ4n) is 2.09. The Balaban J connectivity index is 2.31. The van der Waals surface area contributed by atoms with E-state index in [0.717, 1.165) is 11.5 Å². The maximum absolute atomic E-state index is 12.2. The summed E-state index contributed by atoms with van der Waals surface area (Å²) in [5.74, 6) is 1.22. The molecule has 18 heavy (non-hydrogen) atoms. The van der Waals surface area contributed by atoms with Gasteiger partial charge in [-0.05, 0) is 24.8 Å². The standard InChI is InChI=1S/C13H16N2O2S/c1-3-18-7-8(2)15-12(16)9-5-4-6-10(14)11(9)13(15)17/h4-6,8H,3,7,14H2,1-2H3. The summed E-state index contributed by atoms with van der Waals surface area (Å²) in [4.78, 5) is 25.8. The molecule has 0 bridgehead atoms. The molecule has 0 spiro atoms. The van der Waals surface area contributed by atoms with Crippen molar-refractivity contribution in [3.8, 4) is 0 Å². The third-order valence-electron chi connectivity index (χ3n) is 2.98. The Morgan fingerprint density at radius 1 is 1.33 bits per heavy atom. The number of hydrogen-bond acceptors (Lipinski definition) is 4. The maximum Gasteiger partial charge on any atom is 0.263 e. The smallest absolute Gasteiger partial charge is 0.263 e. The molecule has 1 aromatic rings. The van der Waals surface area contributed by atoms with Gasteiger partial charge in [-0.3, -0.25) is 14.5 Å². The number of carbonyl (C=O) groups is 2. The SMILES string of the molecule is CCSCC(C)N1C(=O)c2cccc(N)c2C1=O. The molecule has 2 N–H and O–H groups in total. The Bertz CT molecular complexity index is 502. The number of thioether (sulfide) groups is 1. The van der Waals surface area contributed by atoms with Crippen molar-refractivity contribution in [2.24, 2.45) is 0 Å². The second-order valence-electron chi connectivity index (χ2n) is 4.26. The normalized spacial score (nSPS) is 16.0. The summed E-state index contributed by atoms with van der Waals surface area (Å²) >= 11 is 1.71. The molecule has 96 valence electrons. The van der Waals surface area contributed by atoms with E-state index in [1.54, 1.807) is 30.0 Å². The van der Waals surface area contributed by atoms with Gasteiger partial charge in [0.1, 0.15) is 0 Å². The van der Waals surface area contributed by atoms with Crippen LogP contribution in [0, 0.1) is 0 Å². The van der Waals surface area contributed by atoms with Crippen molar-refractivity contribution in [1.29, 1.82) is 0 Å². The number of rotatable bonds is 4. The molecule has 0 saturated carbocycles. The molecule has 0 aromatic heterocycles. The Labute approximate surface area is 111 Å². The third-order valence-corrected chi connectivity index (χ3v) is 4.11. The van der Waals surface area contributed by atoms with E-state index < -0.39 is 0 Å². The summed E-state index contributed by atoms with van der Waals surface area (Å²) in [6.45, 7) is 3.94. The lowest BCUT2D eigenvalue weighted by Crippen LogP contribution is -2.39. The van der Waals surface area contributed by atoms with Gasteiger partial charge in [-0.25, -0.2) is 0 Å². The van der Waals surface area contributed by atoms with Crippen LogP contribution in [0.5, 0.6) is 0 Å². The van der Waals surface area contributed by atoms with Gasteiger partial charge in [-0.1, -0.05) is 13.0 Å². The first-order valence-corrected chi connectivity index (χ1v) is 7.07. The van der Waals surface area contributed by atoms with Crippen LogP contribution in [-0.2, 0) is 0 Å². The quantitative estimate of drug-likeness (QED) is 0.667.